The molecule has 0 radical (unpaired) electrons. The highest BCUT2D eigenvalue weighted by Crippen LogP contribution is 2.32. The summed E-state index contributed by atoms with van der Waals surface area (Å²) in [5.74, 6) is -0.0360. The van der Waals surface area contributed by atoms with Crippen molar-refractivity contribution in [2.45, 2.75) is 31.4 Å². The van der Waals surface area contributed by atoms with Crippen LogP contribution in [0.25, 0.3) is 0 Å². The van der Waals surface area contributed by atoms with Crippen molar-refractivity contribution in [3.8, 4) is 11.5 Å². The van der Waals surface area contributed by atoms with Crippen LogP contribution in [0.4, 0.5) is 0 Å². The first-order chi connectivity index (χ1) is 14.3. The van der Waals surface area contributed by atoms with Crippen LogP contribution in [-0.4, -0.2) is 39.7 Å². The van der Waals surface area contributed by atoms with Crippen LogP contribution in [0.1, 0.15) is 29.8 Å². The third-order valence-corrected chi connectivity index (χ3v) is 5.81. The molecule has 10 heteroatoms. The van der Waals surface area contributed by atoms with Crippen molar-refractivity contribution in [3.63, 3.8) is 0 Å². The first kappa shape index (κ1) is 21.6. The second kappa shape index (κ2) is 9.14. The van der Waals surface area contributed by atoms with Gasteiger partial charge in [-0.3, -0.25) is 4.79 Å². The van der Waals surface area contributed by atoms with Gasteiger partial charge in [0, 0.05) is 13.1 Å². The van der Waals surface area contributed by atoms with Crippen molar-refractivity contribution in [3.05, 3.63) is 53.6 Å². The summed E-state index contributed by atoms with van der Waals surface area (Å²) in [6.45, 7) is 3.69. The number of carbonyl (C=O) groups excluding carboxylic acids is 2. The third kappa shape index (κ3) is 5.08. The maximum atomic E-state index is 12.4. The minimum Gasteiger partial charge on any atom is -0.454 e. The van der Waals surface area contributed by atoms with E-state index in [0.717, 1.165) is 5.56 Å². The molecule has 0 spiro atoms. The quantitative estimate of drug-likeness (QED) is 0.605. The Morgan fingerprint density at radius 3 is 2.67 bits per heavy atom. The summed E-state index contributed by atoms with van der Waals surface area (Å²) in [5.41, 5.74) is 0.830. The van der Waals surface area contributed by atoms with Gasteiger partial charge in [-0.2, -0.15) is 0 Å². The van der Waals surface area contributed by atoms with Gasteiger partial charge in [0.15, 0.2) is 17.6 Å². The molecule has 0 aromatic heterocycles. The Morgan fingerprint density at radius 2 is 1.90 bits per heavy atom. The second-order valence-corrected chi connectivity index (χ2v) is 8.25. The molecule has 1 aliphatic heterocycles. The fourth-order valence-corrected chi connectivity index (χ4v) is 3.82. The standard InChI is InChI=1S/C20H22N2O7S/c1-3-22-30(25,26)16-6-4-5-15(10-16)20(24)29-13(2)19(23)21-11-14-7-8-17-18(9-14)28-12-27-17/h4-10,13,22H,3,11-12H2,1-2H3,(H,21,23)/t13-/m1/s1. The summed E-state index contributed by atoms with van der Waals surface area (Å²) >= 11 is 0. The van der Waals surface area contributed by atoms with Gasteiger partial charge < -0.3 is 19.5 Å². The van der Waals surface area contributed by atoms with Crippen molar-refractivity contribution in [2.24, 2.45) is 0 Å². The minimum absolute atomic E-state index is 0.0319. The molecule has 9 nitrogen and oxygen atoms in total. The van der Waals surface area contributed by atoms with E-state index in [1.165, 1.54) is 31.2 Å². The predicted molar refractivity (Wildman–Crippen MR) is 107 cm³/mol. The molecule has 0 fully saturated rings. The van der Waals surface area contributed by atoms with Gasteiger partial charge in [0.2, 0.25) is 16.8 Å². The SMILES string of the molecule is CCNS(=O)(=O)c1cccc(C(=O)O[C@H](C)C(=O)NCc2ccc3c(c2)OCO3)c1. The van der Waals surface area contributed by atoms with Crippen LogP contribution < -0.4 is 19.5 Å². The minimum atomic E-state index is -3.71. The highest BCUT2D eigenvalue weighted by molar-refractivity contribution is 7.89. The molecule has 2 aromatic carbocycles. The first-order valence-electron chi connectivity index (χ1n) is 9.27. The van der Waals surface area contributed by atoms with Crippen molar-refractivity contribution in [2.75, 3.05) is 13.3 Å². The van der Waals surface area contributed by atoms with E-state index in [1.807, 2.05) is 0 Å². The summed E-state index contributed by atoms with van der Waals surface area (Å²) in [6, 6.07) is 10.7. The highest BCUT2D eigenvalue weighted by atomic mass is 32.2. The summed E-state index contributed by atoms with van der Waals surface area (Å²) in [7, 11) is -3.71. The van der Waals surface area contributed by atoms with Crippen molar-refractivity contribution in [1.29, 1.82) is 0 Å². The Morgan fingerprint density at radius 1 is 1.13 bits per heavy atom. The lowest BCUT2D eigenvalue weighted by atomic mass is 10.2. The van der Waals surface area contributed by atoms with Gasteiger partial charge >= 0.3 is 5.97 Å². The number of esters is 1. The predicted octanol–water partition coefficient (Wildman–Crippen LogP) is 1.58. The Bertz CT molecular complexity index is 1050. The molecule has 1 atom stereocenters. The number of rotatable bonds is 8. The van der Waals surface area contributed by atoms with Gasteiger partial charge in [-0.15, -0.1) is 0 Å². The Kier molecular flexibility index (Phi) is 6.58. The molecule has 1 heterocycles. The average Bonchev–Trinajstić information content (AvgIpc) is 3.19. The van der Waals surface area contributed by atoms with Crippen LogP contribution >= 0.6 is 0 Å². The van der Waals surface area contributed by atoms with Crippen LogP contribution in [0.15, 0.2) is 47.4 Å². The van der Waals surface area contributed by atoms with Crippen molar-refractivity contribution in [1.82, 2.24) is 10.0 Å². The fourth-order valence-electron chi connectivity index (χ4n) is 2.73. The number of benzene rings is 2. The summed E-state index contributed by atoms with van der Waals surface area (Å²) in [4.78, 5) is 24.6. The molecule has 30 heavy (non-hydrogen) atoms. The number of carbonyl (C=O) groups is 2. The molecule has 2 N–H and O–H groups in total. The van der Waals surface area contributed by atoms with Gasteiger partial charge in [-0.1, -0.05) is 19.1 Å². The monoisotopic (exact) mass is 434 g/mol. The number of fused-ring (bicyclic) bond motifs is 1. The van der Waals surface area contributed by atoms with Crippen LogP contribution in [0.2, 0.25) is 0 Å². The molecule has 0 bridgehead atoms. The highest BCUT2D eigenvalue weighted by Gasteiger charge is 2.21. The zero-order valence-electron chi connectivity index (χ0n) is 16.5. The molecule has 1 amide bonds. The van der Waals surface area contributed by atoms with Crippen LogP contribution in [0.5, 0.6) is 11.5 Å². The van der Waals surface area contributed by atoms with E-state index in [1.54, 1.807) is 25.1 Å². The second-order valence-electron chi connectivity index (χ2n) is 6.48. The summed E-state index contributed by atoms with van der Waals surface area (Å²) in [6.07, 6.45) is -1.07. The molecular formula is C20H22N2O7S. The van der Waals surface area contributed by atoms with Gasteiger partial charge in [-0.25, -0.2) is 17.9 Å². The number of ether oxygens (including phenoxy) is 3. The van der Waals surface area contributed by atoms with Crippen molar-refractivity contribution >= 4 is 21.9 Å². The number of hydrogen-bond donors (Lipinski definition) is 2. The molecule has 0 aliphatic carbocycles. The van der Waals surface area contributed by atoms with E-state index in [2.05, 4.69) is 10.0 Å². The van der Waals surface area contributed by atoms with Gasteiger partial charge in [0.25, 0.3) is 5.91 Å². The third-order valence-electron chi connectivity index (χ3n) is 4.27. The molecule has 1 aliphatic rings. The smallest absolute Gasteiger partial charge is 0.338 e. The molecule has 0 saturated carbocycles. The number of nitrogens with one attached hydrogen (secondary N) is 2. The molecule has 160 valence electrons. The normalized spacial score (nSPS) is 13.5. The summed E-state index contributed by atoms with van der Waals surface area (Å²) < 4.78 is 42.2. The van der Waals surface area contributed by atoms with Crippen LogP contribution in [0, 0.1) is 0 Å². The molecule has 2 aromatic rings. The number of amides is 1. The lowest BCUT2D eigenvalue weighted by Gasteiger charge is -2.14. The van der Waals surface area contributed by atoms with E-state index in [4.69, 9.17) is 14.2 Å². The van der Waals surface area contributed by atoms with Crippen LogP contribution in [0.3, 0.4) is 0 Å². The number of sulfonamides is 1. The van der Waals surface area contributed by atoms with E-state index < -0.39 is 28.0 Å². The van der Waals surface area contributed by atoms with Gasteiger partial charge in [0.05, 0.1) is 10.5 Å². The zero-order chi connectivity index (χ0) is 21.7. The Hall–Kier alpha value is -3.11. The van der Waals surface area contributed by atoms with Crippen LogP contribution in [-0.2, 0) is 26.1 Å². The van der Waals surface area contributed by atoms with E-state index in [-0.39, 0.29) is 30.3 Å². The summed E-state index contributed by atoms with van der Waals surface area (Å²) in [5, 5.41) is 2.68. The lowest BCUT2D eigenvalue weighted by Crippen LogP contribution is -2.35. The molecule has 3 rings (SSSR count). The van der Waals surface area contributed by atoms with Gasteiger partial charge in [-0.05, 0) is 42.8 Å². The Labute approximate surface area is 174 Å². The molecular weight excluding hydrogens is 412 g/mol. The lowest BCUT2D eigenvalue weighted by molar-refractivity contribution is -0.129. The van der Waals surface area contributed by atoms with Crippen molar-refractivity contribution < 1.29 is 32.2 Å². The number of hydrogen-bond acceptors (Lipinski definition) is 7. The molecule has 0 saturated heterocycles. The van der Waals surface area contributed by atoms with E-state index in [0.29, 0.717) is 11.5 Å². The molecule has 0 unspecified atom stereocenters. The largest absolute Gasteiger partial charge is 0.454 e. The van der Waals surface area contributed by atoms with E-state index in [9.17, 15) is 18.0 Å². The maximum absolute atomic E-state index is 12.4. The topological polar surface area (TPSA) is 120 Å². The average molecular weight is 434 g/mol. The maximum Gasteiger partial charge on any atom is 0.338 e. The zero-order valence-corrected chi connectivity index (χ0v) is 17.3. The Balaban J connectivity index is 1.58. The van der Waals surface area contributed by atoms with E-state index >= 15 is 0 Å². The van der Waals surface area contributed by atoms with Gasteiger partial charge in [0.1, 0.15) is 0 Å². The fraction of sp³-hybridized carbons (Fsp3) is 0.300. The first-order valence-corrected chi connectivity index (χ1v) is 10.8.